The van der Waals surface area contributed by atoms with Gasteiger partial charge in [-0.05, 0) is 55.9 Å². The average molecular weight is 1210 g/mol. The Hall–Kier alpha value is -4.97. The van der Waals surface area contributed by atoms with Gasteiger partial charge in [-0.25, -0.2) is 4.79 Å². The van der Waals surface area contributed by atoms with Gasteiger partial charge in [0.15, 0.2) is 0 Å². The molecule has 3 aliphatic rings. The maximum Gasteiger partial charge on any atom is 0.407 e. The van der Waals surface area contributed by atoms with Crippen LogP contribution in [-0.4, -0.2) is 251 Å². The van der Waals surface area contributed by atoms with Crippen molar-refractivity contribution in [3.8, 4) is 11.1 Å². The molecule has 1 aliphatic carbocycles. The van der Waals surface area contributed by atoms with Gasteiger partial charge in [0, 0.05) is 32.4 Å². The Morgan fingerprint density at radius 3 is 1.32 bits per heavy atom. The Morgan fingerprint density at radius 1 is 0.518 bits per heavy atom. The van der Waals surface area contributed by atoms with Crippen LogP contribution in [0.25, 0.3) is 11.1 Å². The number of nitrogens with one attached hydrogen (secondary N) is 4. The molecule has 0 spiro atoms. The molecule has 0 aromatic heterocycles. The monoisotopic (exact) mass is 1210 g/mol. The molecule has 4 N–H and O–H groups in total. The first kappa shape index (κ1) is 70.8. The highest BCUT2D eigenvalue weighted by Gasteiger charge is 2.48. The van der Waals surface area contributed by atoms with Gasteiger partial charge >= 0.3 is 12.1 Å². The van der Waals surface area contributed by atoms with Crippen LogP contribution >= 0.6 is 0 Å². The van der Waals surface area contributed by atoms with E-state index in [1.165, 1.54) is 0 Å². The van der Waals surface area contributed by atoms with Crippen LogP contribution in [0.2, 0.25) is 0 Å². The molecular weight excluding hydrogens is 1110 g/mol. The molecule has 2 aromatic rings. The number of fused-ring (bicyclic) bond motifs is 4. The zero-order chi connectivity index (χ0) is 60.6. The minimum Gasteiger partial charge on any atom is -0.460 e. The summed E-state index contributed by atoms with van der Waals surface area (Å²) in [7, 11) is 1.64. The van der Waals surface area contributed by atoms with E-state index in [2.05, 4.69) is 21.3 Å². The third-order valence-corrected chi connectivity index (χ3v) is 13.3. The van der Waals surface area contributed by atoms with Gasteiger partial charge < -0.3 is 97.1 Å². The maximum atomic E-state index is 13.4. The second kappa shape index (κ2) is 42.8. The predicted octanol–water partition coefficient (Wildman–Crippen LogP) is 2.90. The normalized spacial score (nSPS) is 17.5. The van der Waals surface area contributed by atoms with Gasteiger partial charge in [-0.3, -0.25) is 19.2 Å². The first-order valence-electron chi connectivity index (χ1n) is 29.7. The van der Waals surface area contributed by atoms with Gasteiger partial charge in [-0.1, -0.05) is 48.5 Å². The van der Waals surface area contributed by atoms with Crippen LogP contribution in [0.3, 0.4) is 0 Å². The highest BCUT2D eigenvalue weighted by atomic mass is 16.6. The van der Waals surface area contributed by atoms with E-state index in [1.54, 1.807) is 27.9 Å². The number of rotatable bonds is 49. The summed E-state index contributed by atoms with van der Waals surface area (Å²) >= 11 is 0. The highest BCUT2D eigenvalue weighted by molar-refractivity contribution is 5.86. The standard InChI is InChI=1S/C60H94N4O21/c1-60(2,3)85-55(67)16-18-61-58(68)50(64-59(69)84-42-49-47-12-7-5-10-45(47)46-11-6-8-13-48(46)49)14-9-15-53(65)62-51-43-82-57-52(44-83-56(51)57)63-54(66)17-19-71-22-23-73-26-27-75-30-31-77-34-35-79-38-39-81-41-40-80-37-36-78-33-32-76-29-28-74-25-24-72-21-20-70-4/h5-8,10-13,49-52,56-57H,9,14-44H2,1-4H3,(H,61,68)(H,62,65)(H,63,66)(H,64,69)/t50-,51-,52-,56+,57+/m0/s1. The first-order valence-corrected chi connectivity index (χ1v) is 29.7. The van der Waals surface area contributed by atoms with Crippen LogP contribution < -0.4 is 21.3 Å². The summed E-state index contributed by atoms with van der Waals surface area (Å²) in [6.45, 7) is 16.2. The summed E-state index contributed by atoms with van der Waals surface area (Å²) in [5.41, 5.74) is 3.58. The fourth-order valence-electron chi connectivity index (χ4n) is 9.23. The van der Waals surface area contributed by atoms with E-state index in [1.807, 2.05) is 48.5 Å². The minimum atomic E-state index is -1.06. The van der Waals surface area contributed by atoms with Crippen LogP contribution in [0, 0.1) is 0 Å². The van der Waals surface area contributed by atoms with E-state index in [9.17, 15) is 24.0 Å². The third-order valence-electron chi connectivity index (χ3n) is 13.3. The largest absolute Gasteiger partial charge is 0.460 e. The Bertz CT molecular complexity index is 2140. The molecule has 2 aliphatic heterocycles. The maximum absolute atomic E-state index is 13.4. The van der Waals surface area contributed by atoms with Crippen LogP contribution in [0.5, 0.6) is 0 Å². The molecule has 2 fully saturated rings. The molecule has 25 nitrogen and oxygen atoms in total. The molecule has 5 rings (SSSR count). The summed E-state index contributed by atoms with van der Waals surface area (Å²) in [4.78, 5) is 65.1. The van der Waals surface area contributed by atoms with Crippen molar-refractivity contribution < 1.29 is 99.8 Å². The van der Waals surface area contributed by atoms with E-state index >= 15 is 0 Å². The van der Waals surface area contributed by atoms with Crippen molar-refractivity contribution in [2.75, 3.05) is 185 Å². The molecule has 0 radical (unpaired) electrons. The van der Waals surface area contributed by atoms with E-state index in [4.69, 9.17) is 75.8 Å². The zero-order valence-corrected chi connectivity index (χ0v) is 50.3. The van der Waals surface area contributed by atoms with Crippen LogP contribution in [0.1, 0.15) is 69.9 Å². The number of benzene rings is 2. The van der Waals surface area contributed by atoms with Crippen molar-refractivity contribution in [3.05, 3.63) is 59.7 Å². The van der Waals surface area contributed by atoms with Crippen LogP contribution in [-0.2, 0) is 95.0 Å². The molecule has 25 heteroatoms. The van der Waals surface area contributed by atoms with E-state index in [-0.39, 0.29) is 82.8 Å². The van der Waals surface area contributed by atoms with Crippen molar-refractivity contribution in [1.29, 1.82) is 0 Å². The molecule has 2 aromatic carbocycles. The Labute approximate surface area is 500 Å². The lowest BCUT2D eigenvalue weighted by Crippen LogP contribution is -2.48. The lowest BCUT2D eigenvalue weighted by atomic mass is 9.98. The molecule has 0 saturated carbocycles. The second-order valence-corrected chi connectivity index (χ2v) is 21.0. The molecule has 2 saturated heterocycles. The van der Waals surface area contributed by atoms with E-state index in [0.717, 1.165) is 22.3 Å². The van der Waals surface area contributed by atoms with Gasteiger partial charge in [-0.15, -0.1) is 0 Å². The number of amides is 4. The number of ether oxygens (including phenoxy) is 16. The Kier molecular flexibility index (Phi) is 35.6. The molecule has 4 amide bonds. The SMILES string of the molecule is COCCOCCOCCOCCOCCOCCOCCOCCOCCOCCOCCOCCC(=O)N[C@H]1CO[C@H]2[C@@H]1OC[C@@H]2NC(=O)CCC[C@H](NC(=O)OCC1c2ccccc2-c2ccccc21)C(=O)NCCC(=O)OC(C)(C)C. The van der Waals surface area contributed by atoms with Crippen LogP contribution in [0.4, 0.5) is 4.79 Å². The lowest BCUT2D eigenvalue weighted by molar-refractivity contribution is -0.154. The summed E-state index contributed by atoms with van der Waals surface area (Å²) < 4.78 is 88.4. The van der Waals surface area contributed by atoms with Crippen molar-refractivity contribution in [2.24, 2.45) is 0 Å². The highest BCUT2D eigenvalue weighted by Crippen LogP contribution is 2.44. The fourth-order valence-corrected chi connectivity index (χ4v) is 9.23. The molecule has 2 heterocycles. The molecule has 0 bridgehead atoms. The molecule has 0 unspecified atom stereocenters. The van der Waals surface area contributed by atoms with Crippen molar-refractivity contribution >= 4 is 29.8 Å². The third kappa shape index (κ3) is 29.5. The van der Waals surface area contributed by atoms with Gasteiger partial charge in [0.1, 0.15) is 30.5 Å². The topological polar surface area (TPSA) is 281 Å². The first-order chi connectivity index (χ1) is 41.4. The summed E-state index contributed by atoms with van der Waals surface area (Å²) in [6.07, 6.45) is -1.26. The molecular formula is C60H94N4O21. The number of alkyl carbamates (subject to hydrolysis) is 1. The average Bonchev–Trinajstić information content (AvgIpc) is 2.66. The number of hydrogen-bond donors (Lipinski definition) is 4. The van der Waals surface area contributed by atoms with Crippen LogP contribution in [0.15, 0.2) is 48.5 Å². The molecule has 480 valence electrons. The number of carbonyl (C=O) groups is 5. The lowest BCUT2D eigenvalue weighted by Gasteiger charge is -2.21. The second-order valence-electron chi connectivity index (χ2n) is 21.0. The number of hydrogen-bond acceptors (Lipinski definition) is 21. The van der Waals surface area contributed by atoms with Gasteiger partial charge in [0.25, 0.3) is 0 Å². The van der Waals surface area contributed by atoms with Gasteiger partial charge in [0.05, 0.1) is 184 Å². The zero-order valence-electron chi connectivity index (χ0n) is 50.3. The predicted molar refractivity (Wildman–Crippen MR) is 308 cm³/mol. The Balaban J connectivity index is 0.812. The molecule has 85 heavy (non-hydrogen) atoms. The summed E-state index contributed by atoms with van der Waals surface area (Å²) in [5, 5.41) is 11.3. The fraction of sp³-hybridized carbons (Fsp3) is 0.717. The van der Waals surface area contributed by atoms with Gasteiger partial charge in [0.2, 0.25) is 17.7 Å². The smallest absolute Gasteiger partial charge is 0.407 e. The summed E-state index contributed by atoms with van der Waals surface area (Å²) in [5.74, 6) is -1.70. The number of esters is 1. The van der Waals surface area contributed by atoms with E-state index < -0.39 is 53.9 Å². The van der Waals surface area contributed by atoms with Crippen molar-refractivity contribution in [1.82, 2.24) is 21.3 Å². The number of carbonyl (C=O) groups excluding carboxylic acids is 5. The minimum absolute atomic E-state index is 0.0111. The molecule has 5 atom stereocenters. The van der Waals surface area contributed by atoms with Gasteiger partial charge in [-0.2, -0.15) is 0 Å². The van der Waals surface area contributed by atoms with E-state index in [0.29, 0.717) is 145 Å². The summed E-state index contributed by atoms with van der Waals surface area (Å²) in [6, 6.07) is 14.0. The number of methoxy groups -OCH3 is 1. The van der Waals surface area contributed by atoms with Crippen molar-refractivity contribution in [3.63, 3.8) is 0 Å². The Morgan fingerprint density at radius 2 is 0.906 bits per heavy atom. The van der Waals surface area contributed by atoms with Crippen molar-refractivity contribution in [2.45, 2.75) is 94.7 Å². The quantitative estimate of drug-likeness (QED) is 0.0547.